The number of halogens is 1. The number of benzene rings is 3. The maximum absolute atomic E-state index is 13.7. The summed E-state index contributed by atoms with van der Waals surface area (Å²) in [6, 6.07) is 23.5. The predicted molar refractivity (Wildman–Crippen MR) is 120 cm³/mol. The number of carbonyl (C=O) groups excluding carboxylic acids is 2. The number of amides is 2. The van der Waals surface area contributed by atoms with E-state index in [1.165, 1.54) is 12.1 Å². The summed E-state index contributed by atoms with van der Waals surface area (Å²) in [5.41, 5.74) is 1.67. The van der Waals surface area contributed by atoms with E-state index in [1.54, 1.807) is 30.3 Å². The molecule has 0 saturated heterocycles. The number of nitrogens with one attached hydrogen (secondary N) is 3. The van der Waals surface area contributed by atoms with E-state index in [1.807, 2.05) is 42.5 Å². The molecule has 0 fully saturated rings. The van der Waals surface area contributed by atoms with Crippen molar-refractivity contribution in [1.29, 1.82) is 5.26 Å². The van der Waals surface area contributed by atoms with Crippen molar-refractivity contribution in [1.82, 2.24) is 10.6 Å². The Kier molecular flexibility index (Phi) is 7.93. The standard InChI is InChI=1S/C25H23FN4O2/c26-21-12-7-13-22(20(21)17-27)28-14-15-29-25(32)23(16-18-8-3-1-4-9-18)30-24(31)19-10-5-2-6-11-19/h1-13,23,28H,14-16H2,(H,29,32)(H,30,31)/t23-/m0/s1. The monoisotopic (exact) mass is 430 g/mol. The molecule has 162 valence electrons. The van der Waals surface area contributed by atoms with E-state index in [2.05, 4.69) is 16.0 Å². The molecule has 3 aromatic rings. The van der Waals surface area contributed by atoms with Crippen molar-refractivity contribution in [2.45, 2.75) is 12.5 Å². The molecular weight excluding hydrogens is 407 g/mol. The third-order valence-corrected chi connectivity index (χ3v) is 4.81. The van der Waals surface area contributed by atoms with Crippen LogP contribution in [0.1, 0.15) is 21.5 Å². The molecule has 0 aliphatic heterocycles. The zero-order chi connectivity index (χ0) is 22.8. The fraction of sp³-hybridized carbons (Fsp3) is 0.160. The van der Waals surface area contributed by atoms with Crippen LogP contribution in [0.5, 0.6) is 0 Å². The molecule has 0 saturated carbocycles. The molecule has 3 N–H and O–H groups in total. The van der Waals surface area contributed by atoms with Crippen LogP contribution in [0.2, 0.25) is 0 Å². The van der Waals surface area contributed by atoms with Crippen molar-refractivity contribution >= 4 is 17.5 Å². The highest BCUT2D eigenvalue weighted by Gasteiger charge is 2.21. The Labute approximate surface area is 186 Å². The molecule has 0 unspecified atom stereocenters. The molecule has 3 aromatic carbocycles. The van der Waals surface area contributed by atoms with Crippen LogP contribution in [0.4, 0.5) is 10.1 Å². The first-order valence-electron chi connectivity index (χ1n) is 10.2. The second-order valence-corrected chi connectivity index (χ2v) is 7.07. The molecule has 32 heavy (non-hydrogen) atoms. The molecule has 1 atom stereocenters. The summed E-state index contributed by atoms with van der Waals surface area (Å²) < 4.78 is 13.7. The van der Waals surface area contributed by atoms with Crippen molar-refractivity contribution in [2.24, 2.45) is 0 Å². The number of anilines is 1. The summed E-state index contributed by atoms with van der Waals surface area (Å²) in [6.07, 6.45) is 0.334. The topological polar surface area (TPSA) is 94.0 Å². The zero-order valence-electron chi connectivity index (χ0n) is 17.3. The van der Waals surface area contributed by atoms with Gasteiger partial charge >= 0.3 is 0 Å². The first kappa shape index (κ1) is 22.5. The Morgan fingerprint density at radius 1 is 0.906 bits per heavy atom. The van der Waals surface area contributed by atoms with Gasteiger partial charge in [0.1, 0.15) is 23.5 Å². The molecule has 0 radical (unpaired) electrons. The Balaban J connectivity index is 1.61. The fourth-order valence-corrected chi connectivity index (χ4v) is 3.18. The summed E-state index contributed by atoms with van der Waals surface area (Å²) in [4.78, 5) is 25.4. The van der Waals surface area contributed by atoms with Crippen LogP contribution in [0.25, 0.3) is 0 Å². The third-order valence-electron chi connectivity index (χ3n) is 4.81. The summed E-state index contributed by atoms with van der Waals surface area (Å²) in [5.74, 6) is -1.27. The van der Waals surface area contributed by atoms with Gasteiger partial charge in [0.25, 0.3) is 5.91 Å². The average Bonchev–Trinajstić information content (AvgIpc) is 2.82. The van der Waals surface area contributed by atoms with Gasteiger partial charge in [-0.2, -0.15) is 5.26 Å². The first-order valence-corrected chi connectivity index (χ1v) is 10.2. The van der Waals surface area contributed by atoms with Crippen LogP contribution in [-0.4, -0.2) is 30.9 Å². The molecule has 0 aromatic heterocycles. The van der Waals surface area contributed by atoms with Crippen LogP contribution in [0.15, 0.2) is 78.9 Å². The van der Waals surface area contributed by atoms with Crippen molar-refractivity contribution in [3.05, 3.63) is 101 Å². The van der Waals surface area contributed by atoms with Crippen LogP contribution < -0.4 is 16.0 Å². The van der Waals surface area contributed by atoms with Gasteiger partial charge in [-0.25, -0.2) is 4.39 Å². The van der Waals surface area contributed by atoms with E-state index in [-0.39, 0.29) is 30.5 Å². The van der Waals surface area contributed by atoms with E-state index >= 15 is 0 Å². The summed E-state index contributed by atoms with van der Waals surface area (Å²) >= 11 is 0. The van der Waals surface area contributed by atoms with Gasteiger partial charge in [0, 0.05) is 25.1 Å². The van der Waals surface area contributed by atoms with Gasteiger partial charge in [-0.1, -0.05) is 54.6 Å². The van der Waals surface area contributed by atoms with Crippen LogP contribution in [-0.2, 0) is 11.2 Å². The maximum Gasteiger partial charge on any atom is 0.251 e. The quantitative estimate of drug-likeness (QED) is 0.454. The van der Waals surface area contributed by atoms with E-state index in [9.17, 15) is 14.0 Å². The summed E-state index contributed by atoms with van der Waals surface area (Å²) in [7, 11) is 0. The SMILES string of the molecule is N#Cc1c(F)cccc1NCCNC(=O)[C@H](Cc1ccccc1)NC(=O)c1ccccc1. The van der Waals surface area contributed by atoms with E-state index in [0.29, 0.717) is 17.7 Å². The van der Waals surface area contributed by atoms with E-state index < -0.39 is 11.9 Å². The van der Waals surface area contributed by atoms with Gasteiger partial charge in [-0.15, -0.1) is 0 Å². The van der Waals surface area contributed by atoms with Crippen molar-refractivity contribution in [3.63, 3.8) is 0 Å². The molecule has 0 aliphatic rings. The van der Waals surface area contributed by atoms with E-state index in [4.69, 9.17) is 5.26 Å². The highest BCUT2D eigenvalue weighted by molar-refractivity contribution is 5.97. The van der Waals surface area contributed by atoms with E-state index in [0.717, 1.165) is 5.56 Å². The van der Waals surface area contributed by atoms with Crippen molar-refractivity contribution in [3.8, 4) is 6.07 Å². The van der Waals surface area contributed by atoms with Gasteiger partial charge < -0.3 is 16.0 Å². The lowest BCUT2D eigenvalue weighted by atomic mass is 10.0. The second-order valence-electron chi connectivity index (χ2n) is 7.07. The van der Waals surface area contributed by atoms with Gasteiger partial charge in [0.2, 0.25) is 5.91 Å². The predicted octanol–water partition coefficient (Wildman–Crippen LogP) is 3.27. The first-order chi connectivity index (χ1) is 15.6. The number of nitriles is 1. The van der Waals surface area contributed by atoms with Crippen molar-refractivity contribution < 1.29 is 14.0 Å². The Morgan fingerprint density at radius 3 is 2.28 bits per heavy atom. The largest absolute Gasteiger partial charge is 0.382 e. The van der Waals surface area contributed by atoms with Gasteiger partial charge in [0.15, 0.2) is 0 Å². The smallest absolute Gasteiger partial charge is 0.251 e. The molecule has 0 spiro atoms. The lowest BCUT2D eigenvalue weighted by Crippen LogP contribution is -2.48. The van der Waals surface area contributed by atoms with Gasteiger partial charge in [0.05, 0.1) is 5.69 Å². The normalized spacial score (nSPS) is 11.1. The minimum absolute atomic E-state index is 0.0732. The minimum atomic E-state index is -0.769. The molecule has 2 amide bonds. The Bertz CT molecular complexity index is 1100. The molecule has 3 rings (SSSR count). The van der Waals surface area contributed by atoms with Crippen LogP contribution in [0.3, 0.4) is 0 Å². The maximum atomic E-state index is 13.7. The van der Waals surface area contributed by atoms with Gasteiger partial charge in [-0.3, -0.25) is 9.59 Å². The van der Waals surface area contributed by atoms with Gasteiger partial charge in [-0.05, 0) is 29.8 Å². The summed E-state index contributed by atoms with van der Waals surface area (Å²) in [6.45, 7) is 0.515. The number of rotatable bonds is 9. The Morgan fingerprint density at radius 2 is 1.59 bits per heavy atom. The molecule has 7 heteroatoms. The van der Waals surface area contributed by atoms with Crippen molar-refractivity contribution in [2.75, 3.05) is 18.4 Å². The summed E-state index contributed by atoms with van der Waals surface area (Å²) in [5, 5.41) is 17.6. The molecular formula is C25H23FN4O2. The number of hydrogen-bond donors (Lipinski definition) is 3. The highest BCUT2D eigenvalue weighted by Crippen LogP contribution is 2.17. The molecule has 0 heterocycles. The molecule has 0 aliphatic carbocycles. The lowest BCUT2D eigenvalue weighted by Gasteiger charge is -2.19. The number of nitrogens with zero attached hydrogens (tertiary/aromatic N) is 1. The lowest BCUT2D eigenvalue weighted by molar-refractivity contribution is -0.122. The number of carbonyl (C=O) groups is 2. The Hall–Kier alpha value is -4.18. The third kappa shape index (κ3) is 6.16. The van der Waals surface area contributed by atoms with Crippen LogP contribution >= 0.6 is 0 Å². The molecule has 6 nitrogen and oxygen atoms in total. The average molecular weight is 430 g/mol. The van der Waals surface area contributed by atoms with Crippen LogP contribution in [0, 0.1) is 17.1 Å². The number of hydrogen-bond acceptors (Lipinski definition) is 4. The highest BCUT2D eigenvalue weighted by atomic mass is 19.1. The fourth-order valence-electron chi connectivity index (χ4n) is 3.18. The molecule has 0 bridgehead atoms. The second kappa shape index (κ2) is 11.3. The zero-order valence-corrected chi connectivity index (χ0v) is 17.3. The minimum Gasteiger partial charge on any atom is -0.382 e.